The summed E-state index contributed by atoms with van der Waals surface area (Å²) < 4.78 is 25.6. The van der Waals surface area contributed by atoms with Crippen molar-refractivity contribution in [2.45, 2.75) is 147 Å². The third kappa shape index (κ3) is 7.26. The molecule has 1 spiro atoms. The highest BCUT2D eigenvalue weighted by molar-refractivity contribution is 7.92. The molecule has 0 bridgehead atoms. The molecular formula is C35H57N5O7S. The lowest BCUT2D eigenvalue weighted by Crippen LogP contribution is -2.64. The van der Waals surface area contributed by atoms with Gasteiger partial charge in [-0.25, -0.2) is 13.2 Å². The zero-order valence-corrected chi connectivity index (χ0v) is 30.5. The van der Waals surface area contributed by atoms with E-state index in [4.69, 9.17) is 5.73 Å². The number of nitrogens with one attached hydrogen (secondary N) is 3. The van der Waals surface area contributed by atoms with E-state index in [0.29, 0.717) is 25.8 Å². The number of amides is 5. The number of carbonyl (C=O) groups excluding carboxylic acids is 5. The predicted octanol–water partition coefficient (Wildman–Crippen LogP) is 2.97. The van der Waals surface area contributed by atoms with Gasteiger partial charge in [-0.1, -0.05) is 65.7 Å². The van der Waals surface area contributed by atoms with E-state index in [1.807, 2.05) is 20.8 Å². The number of likely N-dealkylation sites (tertiary alicyclic amines) is 1. The molecule has 0 aromatic carbocycles. The van der Waals surface area contributed by atoms with Crippen LogP contribution in [0.25, 0.3) is 0 Å². The first-order valence-corrected chi connectivity index (χ1v) is 19.6. The number of rotatable bonds is 11. The number of carbonyl (C=O) groups is 5. The lowest BCUT2D eigenvalue weighted by Gasteiger charge is -2.41. The molecule has 5 rings (SSSR count). The quantitative estimate of drug-likeness (QED) is 0.240. The summed E-state index contributed by atoms with van der Waals surface area (Å²) in [7, 11) is -3.56. The highest BCUT2D eigenvalue weighted by Gasteiger charge is 2.74. The van der Waals surface area contributed by atoms with Crippen molar-refractivity contribution in [3.05, 3.63) is 0 Å². The maximum Gasteiger partial charge on any atom is 0.315 e. The number of hydrogen-bond donors (Lipinski definition) is 4. The lowest BCUT2D eigenvalue weighted by atomic mass is 9.83. The first-order chi connectivity index (χ1) is 22.2. The zero-order chi connectivity index (χ0) is 35.4. The van der Waals surface area contributed by atoms with Gasteiger partial charge < -0.3 is 26.6 Å². The first-order valence-electron chi connectivity index (χ1n) is 18.0. The Morgan fingerprint density at radius 1 is 0.875 bits per heavy atom. The molecule has 5 N–H and O–H groups in total. The van der Waals surface area contributed by atoms with Crippen LogP contribution in [0.3, 0.4) is 0 Å². The van der Waals surface area contributed by atoms with E-state index in [1.165, 1.54) is 0 Å². The minimum atomic E-state index is -3.56. The summed E-state index contributed by atoms with van der Waals surface area (Å²) in [6, 6.07) is -3.49. The second-order valence-electron chi connectivity index (χ2n) is 17.6. The number of sulfone groups is 1. The Bertz CT molecular complexity index is 1410. The molecular weight excluding hydrogens is 634 g/mol. The number of urea groups is 1. The molecule has 270 valence electrons. The molecule has 4 saturated carbocycles. The summed E-state index contributed by atoms with van der Waals surface area (Å²) in [4.78, 5) is 68.6. The van der Waals surface area contributed by atoms with Gasteiger partial charge in [0.25, 0.3) is 5.91 Å². The van der Waals surface area contributed by atoms with Crippen LogP contribution in [0.5, 0.6) is 0 Å². The second-order valence-corrected chi connectivity index (χ2v) is 20.3. The highest BCUT2D eigenvalue weighted by Crippen LogP contribution is 2.72. The molecule has 1 saturated heterocycles. The average molecular weight is 692 g/mol. The summed E-state index contributed by atoms with van der Waals surface area (Å²) in [5, 5.41) is 8.75. The highest BCUT2D eigenvalue weighted by atomic mass is 32.2. The van der Waals surface area contributed by atoms with Gasteiger partial charge >= 0.3 is 6.03 Å². The van der Waals surface area contributed by atoms with Crippen LogP contribution in [-0.2, 0) is 29.0 Å². The van der Waals surface area contributed by atoms with Crippen LogP contribution in [-0.4, -0.2) is 83.6 Å². The summed E-state index contributed by atoms with van der Waals surface area (Å²) in [5.74, 6) is -2.61. The van der Waals surface area contributed by atoms with Crippen LogP contribution in [0.2, 0.25) is 0 Å². The number of Topliss-reactive ketones (excluding diaryl/α,β-unsaturated/α-hetero) is 1. The van der Waals surface area contributed by atoms with Gasteiger partial charge in [0.15, 0.2) is 9.84 Å². The SMILES string of the molecule is CC(C)(C)[C@H](NC(=O)NC1(CS(=O)(=O)C(C)(C)C)CCCCC1)C(=O)N1CC2[C@@H]([C@H]1C(=O)NC(CC1CC1)C(=O)C(N)=O)C21CCCC1. The topological polar surface area (TPSA) is 185 Å². The van der Waals surface area contributed by atoms with E-state index < -0.39 is 73.2 Å². The van der Waals surface area contributed by atoms with E-state index in [2.05, 4.69) is 16.0 Å². The van der Waals surface area contributed by atoms with Gasteiger partial charge in [0, 0.05) is 6.54 Å². The molecule has 5 aliphatic rings. The van der Waals surface area contributed by atoms with Crippen molar-refractivity contribution >= 4 is 39.4 Å². The molecule has 0 radical (unpaired) electrons. The fourth-order valence-corrected chi connectivity index (χ4v) is 10.4. The molecule has 5 amide bonds. The Hall–Kier alpha value is -2.70. The molecule has 0 aromatic rings. The van der Waals surface area contributed by atoms with Crippen molar-refractivity contribution in [3.63, 3.8) is 0 Å². The maximum atomic E-state index is 14.5. The normalized spacial score (nSPS) is 27.5. The Labute approximate surface area is 285 Å². The van der Waals surface area contributed by atoms with Crippen LogP contribution in [0.1, 0.15) is 119 Å². The van der Waals surface area contributed by atoms with Crippen molar-refractivity contribution in [1.29, 1.82) is 0 Å². The van der Waals surface area contributed by atoms with Crippen LogP contribution in [0.4, 0.5) is 4.79 Å². The van der Waals surface area contributed by atoms with Crippen LogP contribution in [0, 0.1) is 28.6 Å². The van der Waals surface area contributed by atoms with Gasteiger partial charge in [0.2, 0.25) is 17.6 Å². The minimum Gasteiger partial charge on any atom is -0.363 e. The lowest BCUT2D eigenvalue weighted by molar-refractivity contribution is -0.145. The summed E-state index contributed by atoms with van der Waals surface area (Å²) in [5.41, 5.74) is 3.64. The standard InChI is InChI=1S/C35H57N5O7S/c1-32(2,3)27(38-31(45)39-34(14-8-7-9-15-34)20-48(46,47)33(4,5)6)30(44)40-19-22-24(35(22)16-10-11-17-35)25(40)29(43)37-23(18-21-12-13-21)26(41)28(36)42/h21-25,27H,7-20H2,1-6H3,(H2,36,42)(H,37,43)(H2,38,39,45)/t22?,23?,24-,25-,27+/m0/s1. The van der Waals surface area contributed by atoms with Gasteiger partial charge in [-0.3, -0.25) is 19.2 Å². The van der Waals surface area contributed by atoms with Crippen molar-refractivity contribution in [3.8, 4) is 0 Å². The van der Waals surface area contributed by atoms with Gasteiger partial charge in [-0.05, 0) is 81.5 Å². The van der Waals surface area contributed by atoms with Crippen LogP contribution in [0.15, 0.2) is 0 Å². The minimum absolute atomic E-state index is 0.00753. The molecule has 4 aliphatic carbocycles. The molecule has 5 atom stereocenters. The summed E-state index contributed by atoms with van der Waals surface area (Å²) in [6.45, 7) is 10.9. The number of fused-ring (bicyclic) bond motifs is 3. The first kappa shape index (κ1) is 36.6. The molecule has 12 nitrogen and oxygen atoms in total. The number of ketones is 1. The molecule has 2 unspecified atom stereocenters. The van der Waals surface area contributed by atoms with Crippen molar-refractivity contribution in [2.24, 2.45) is 34.3 Å². The molecule has 1 heterocycles. The number of hydrogen-bond acceptors (Lipinski definition) is 7. The molecule has 5 fully saturated rings. The third-order valence-corrected chi connectivity index (χ3v) is 14.8. The fraction of sp³-hybridized carbons (Fsp3) is 0.857. The number of primary amides is 1. The Balaban J connectivity index is 1.37. The van der Waals surface area contributed by atoms with E-state index in [1.54, 1.807) is 25.7 Å². The zero-order valence-electron chi connectivity index (χ0n) is 29.7. The Kier molecular flexibility index (Phi) is 9.82. The number of nitrogens with two attached hydrogens (primary N) is 1. The van der Waals surface area contributed by atoms with Gasteiger partial charge in [0.05, 0.1) is 22.1 Å². The van der Waals surface area contributed by atoms with Gasteiger partial charge in [-0.2, -0.15) is 0 Å². The van der Waals surface area contributed by atoms with Gasteiger partial charge in [-0.15, -0.1) is 0 Å². The third-order valence-electron chi connectivity index (χ3n) is 12.0. The monoisotopic (exact) mass is 691 g/mol. The Morgan fingerprint density at radius 2 is 1.46 bits per heavy atom. The van der Waals surface area contributed by atoms with Crippen molar-refractivity contribution in [1.82, 2.24) is 20.9 Å². The van der Waals surface area contributed by atoms with Crippen LogP contribution < -0.4 is 21.7 Å². The van der Waals surface area contributed by atoms with E-state index in [9.17, 15) is 32.4 Å². The maximum absolute atomic E-state index is 14.5. The predicted molar refractivity (Wildman–Crippen MR) is 181 cm³/mol. The van der Waals surface area contributed by atoms with E-state index in [0.717, 1.165) is 57.8 Å². The summed E-state index contributed by atoms with van der Waals surface area (Å²) >= 11 is 0. The average Bonchev–Trinajstić information content (AvgIpc) is 3.75. The second kappa shape index (κ2) is 12.9. The van der Waals surface area contributed by atoms with E-state index >= 15 is 0 Å². The largest absolute Gasteiger partial charge is 0.363 e. The molecule has 0 aromatic heterocycles. The van der Waals surface area contributed by atoms with Crippen molar-refractivity contribution in [2.75, 3.05) is 12.3 Å². The van der Waals surface area contributed by atoms with Crippen molar-refractivity contribution < 1.29 is 32.4 Å². The molecule has 48 heavy (non-hydrogen) atoms. The fourth-order valence-electron chi connectivity index (χ4n) is 8.91. The van der Waals surface area contributed by atoms with Gasteiger partial charge in [0.1, 0.15) is 12.1 Å². The summed E-state index contributed by atoms with van der Waals surface area (Å²) in [6.07, 6.45) is 9.88. The molecule has 13 heteroatoms. The Morgan fingerprint density at radius 3 is 1.98 bits per heavy atom. The number of nitrogens with zero attached hydrogens (tertiary/aromatic N) is 1. The number of piperidine rings is 1. The van der Waals surface area contributed by atoms with E-state index in [-0.39, 0.29) is 28.9 Å². The van der Waals surface area contributed by atoms with Crippen LogP contribution >= 0.6 is 0 Å². The molecule has 1 aliphatic heterocycles. The smallest absolute Gasteiger partial charge is 0.315 e.